The van der Waals surface area contributed by atoms with Crippen LogP contribution >= 0.6 is 0 Å². The number of likely N-dealkylation sites (N-methyl/N-ethyl adjacent to an activating group) is 1. The van der Waals surface area contributed by atoms with Crippen molar-refractivity contribution in [2.24, 2.45) is 5.92 Å². The van der Waals surface area contributed by atoms with Crippen molar-refractivity contribution < 1.29 is 0 Å². The van der Waals surface area contributed by atoms with E-state index in [1.165, 1.54) is 24.9 Å². The van der Waals surface area contributed by atoms with E-state index in [0.29, 0.717) is 6.04 Å². The minimum absolute atomic E-state index is 0.686. The van der Waals surface area contributed by atoms with Crippen LogP contribution in [0, 0.1) is 12.8 Å². The average molecular weight is 262 g/mol. The monoisotopic (exact) mass is 262 g/mol. The van der Waals surface area contributed by atoms with E-state index in [9.17, 15) is 0 Å². The molecule has 1 aromatic heterocycles. The van der Waals surface area contributed by atoms with Gasteiger partial charge in [-0.3, -0.25) is 4.90 Å². The van der Waals surface area contributed by atoms with Crippen molar-refractivity contribution in [2.45, 2.75) is 39.3 Å². The lowest BCUT2D eigenvalue weighted by atomic mass is 9.98. The van der Waals surface area contributed by atoms with Gasteiger partial charge in [0.15, 0.2) is 0 Å². The molecular formula is C15H26N4. The zero-order valence-corrected chi connectivity index (χ0v) is 12.6. The largest absolute Gasteiger partial charge is 0.305 e. The highest BCUT2D eigenvalue weighted by Gasteiger charge is 2.33. The normalized spacial score (nSPS) is 24.3. The van der Waals surface area contributed by atoms with E-state index < -0.39 is 0 Å². The van der Waals surface area contributed by atoms with E-state index in [1.807, 2.05) is 19.3 Å². The van der Waals surface area contributed by atoms with Gasteiger partial charge in [0.05, 0.1) is 0 Å². The number of aromatic nitrogens is 2. The Bertz CT molecular complexity index is 388. The predicted molar refractivity (Wildman–Crippen MR) is 77.9 cm³/mol. The average Bonchev–Trinajstić information content (AvgIpc) is 2.76. The lowest BCUT2D eigenvalue weighted by Gasteiger charge is -2.24. The number of aryl methyl sites for hydroxylation is 1. The standard InChI is InChI=1S/C15H26N4/c1-5-6-14-10-19(11-15(14)18(3)4)9-13-7-16-12(2)17-8-13/h7-8,14-15H,5-6,9-11H2,1-4H3/t14-,15-/m0/s1. The van der Waals surface area contributed by atoms with Crippen LogP contribution in [0.25, 0.3) is 0 Å². The highest BCUT2D eigenvalue weighted by molar-refractivity contribution is 5.05. The molecule has 2 heterocycles. The Kier molecular flexibility index (Phi) is 4.88. The third-order valence-corrected chi connectivity index (χ3v) is 4.05. The van der Waals surface area contributed by atoms with Gasteiger partial charge in [0, 0.05) is 43.6 Å². The molecule has 2 atom stereocenters. The third-order valence-electron chi connectivity index (χ3n) is 4.05. The molecule has 0 amide bonds. The first-order valence-corrected chi connectivity index (χ1v) is 7.26. The quantitative estimate of drug-likeness (QED) is 0.812. The van der Waals surface area contributed by atoms with Crippen molar-refractivity contribution in [3.8, 4) is 0 Å². The Labute approximate surface area is 116 Å². The molecule has 1 fully saturated rings. The first-order valence-electron chi connectivity index (χ1n) is 7.26. The van der Waals surface area contributed by atoms with Gasteiger partial charge in [-0.1, -0.05) is 13.3 Å². The number of hydrogen-bond donors (Lipinski definition) is 0. The Morgan fingerprint density at radius 2 is 1.95 bits per heavy atom. The van der Waals surface area contributed by atoms with Gasteiger partial charge in [-0.15, -0.1) is 0 Å². The molecule has 0 spiro atoms. The first kappa shape index (κ1) is 14.4. The van der Waals surface area contributed by atoms with Crippen molar-refractivity contribution in [3.63, 3.8) is 0 Å². The van der Waals surface area contributed by atoms with Gasteiger partial charge in [-0.2, -0.15) is 0 Å². The van der Waals surface area contributed by atoms with Crippen LogP contribution in [0.3, 0.4) is 0 Å². The Balaban J connectivity index is 1.97. The molecule has 0 aliphatic carbocycles. The summed E-state index contributed by atoms with van der Waals surface area (Å²) < 4.78 is 0. The van der Waals surface area contributed by atoms with Crippen molar-refractivity contribution in [2.75, 3.05) is 27.2 Å². The molecule has 0 saturated carbocycles. The molecule has 1 aliphatic heterocycles. The SMILES string of the molecule is CCC[C@H]1CN(Cc2cnc(C)nc2)C[C@@H]1N(C)C. The summed E-state index contributed by atoms with van der Waals surface area (Å²) >= 11 is 0. The van der Waals surface area contributed by atoms with Crippen LogP contribution in [-0.2, 0) is 6.54 Å². The zero-order chi connectivity index (χ0) is 13.8. The van der Waals surface area contributed by atoms with E-state index in [-0.39, 0.29) is 0 Å². The molecule has 4 heteroatoms. The Morgan fingerprint density at radius 3 is 2.53 bits per heavy atom. The fourth-order valence-electron chi connectivity index (χ4n) is 3.07. The van der Waals surface area contributed by atoms with Gasteiger partial charge in [-0.05, 0) is 33.4 Å². The van der Waals surface area contributed by atoms with Crippen LogP contribution in [0.1, 0.15) is 31.2 Å². The molecule has 0 bridgehead atoms. The summed E-state index contributed by atoms with van der Waals surface area (Å²) in [5.41, 5.74) is 1.22. The molecule has 19 heavy (non-hydrogen) atoms. The fourth-order valence-corrected chi connectivity index (χ4v) is 3.07. The number of likely N-dealkylation sites (tertiary alicyclic amines) is 1. The first-order chi connectivity index (χ1) is 9.10. The number of rotatable bonds is 5. The summed E-state index contributed by atoms with van der Waals surface area (Å²) in [6, 6.07) is 0.686. The summed E-state index contributed by atoms with van der Waals surface area (Å²) in [5, 5.41) is 0. The van der Waals surface area contributed by atoms with E-state index in [4.69, 9.17) is 0 Å². The smallest absolute Gasteiger partial charge is 0.125 e. The molecule has 0 radical (unpaired) electrons. The van der Waals surface area contributed by atoms with Gasteiger partial charge in [0.2, 0.25) is 0 Å². The van der Waals surface area contributed by atoms with Crippen LogP contribution in [0.4, 0.5) is 0 Å². The third kappa shape index (κ3) is 3.74. The van der Waals surface area contributed by atoms with Crippen molar-refractivity contribution in [1.29, 1.82) is 0 Å². The van der Waals surface area contributed by atoms with Crippen LogP contribution in [0.15, 0.2) is 12.4 Å². The van der Waals surface area contributed by atoms with Gasteiger partial charge in [0.25, 0.3) is 0 Å². The van der Waals surface area contributed by atoms with E-state index in [2.05, 4.69) is 40.8 Å². The number of nitrogens with zero attached hydrogens (tertiary/aromatic N) is 4. The highest BCUT2D eigenvalue weighted by atomic mass is 15.2. The second kappa shape index (κ2) is 6.44. The molecule has 0 unspecified atom stereocenters. The summed E-state index contributed by atoms with van der Waals surface area (Å²) in [6.07, 6.45) is 6.51. The second-order valence-corrected chi connectivity index (χ2v) is 5.91. The van der Waals surface area contributed by atoms with Gasteiger partial charge in [-0.25, -0.2) is 9.97 Å². The maximum absolute atomic E-state index is 4.28. The van der Waals surface area contributed by atoms with Gasteiger partial charge in [0.1, 0.15) is 5.82 Å². The Hall–Kier alpha value is -1.00. The molecule has 0 N–H and O–H groups in total. The maximum atomic E-state index is 4.28. The van der Waals surface area contributed by atoms with Crippen molar-refractivity contribution in [1.82, 2.24) is 19.8 Å². The summed E-state index contributed by atoms with van der Waals surface area (Å²) in [7, 11) is 4.40. The zero-order valence-electron chi connectivity index (χ0n) is 12.6. The second-order valence-electron chi connectivity index (χ2n) is 5.91. The molecule has 2 rings (SSSR count). The van der Waals surface area contributed by atoms with E-state index in [0.717, 1.165) is 24.8 Å². The lowest BCUT2D eigenvalue weighted by Crippen LogP contribution is -2.35. The molecular weight excluding hydrogens is 236 g/mol. The summed E-state index contributed by atoms with van der Waals surface area (Å²) in [6.45, 7) is 7.54. The summed E-state index contributed by atoms with van der Waals surface area (Å²) in [4.78, 5) is 13.5. The van der Waals surface area contributed by atoms with Crippen LogP contribution < -0.4 is 0 Å². The molecule has 1 aromatic rings. The highest BCUT2D eigenvalue weighted by Crippen LogP contribution is 2.25. The van der Waals surface area contributed by atoms with Gasteiger partial charge >= 0.3 is 0 Å². The molecule has 106 valence electrons. The van der Waals surface area contributed by atoms with Gasteiger partial charge < -0.3 is 4.90 Å². The molecule has 0 aromatic carbocycles. The van der Waals surface area contributed by atoms with Crippen LogP contribution in [0.2, 0.25) is 0 Å². The molecule has 1 saturated heterocycles. The minimum Gasteiger partial charge on any atom is -0.305 e. The minimum atomic E-state index is 0.686. The van der Waals surface area contributed by atoms with Crippen LogP contribution in [0.5, 0.6) is 0 Å². The van der Waals surface area contributed by atoms with Crippen molar-refractivity contribution in [3.05, 3.63) is 23.8 Å². The van der Waals surface area contributed by atoms with E-state index in [1.54, 1.807) is 0 Å². The predicted octanol–water partition coefficient (Wildman–Crippen LogP) is 1.95. The molecule has 1 aliphatic rings. The fraction of sp³-hybridized carbons (Fsp3) is 0.733. The Morgan fingerprint density at radius 1 is 1.26 bits per heavy atom. The molecule has 4 nitrogen and oxygen atoms in total. The lowest BCUT2D eigenvalue weighted by molar-refractivity contribution is 0.238. The van der Waals surface area contributed by atoms with Crippen molar-refractivity contribution >= 4 is 0 Å². The van der Waals surface area contributed by atoms with Crippen LogP contribution in [-0.4, -0.2) is 53.0 Å². The topological polar surface area (TPSA) is 32.3 Å². The maximum Gasteiger partial charge on any atom is 0.125 e. The summed E-state index contributed by atoms with van der Waals surface area (Å²) in [5.74, 6) is 1.64. The number of hydrogen-bond acceptors (Lipinski definition) is 4. The van der Waals surface area contributed by atoms with E-state index >= 15 is 0 Å².